The summed E-state index contributed by atoms with van der Waals surface area (Å²) in [6.07, 6.45) is 8.56. The number of rotatable bonds is 10. The number of hydrogen-bond acceptors (Lipinski definition) is 3. The second-order valence-electron chi connectivity index (χ2n) is 6.49. The molecule has 0 aliphatic heterocycles. The van der Waals surface area contributed by atoms with Gasteiger partial charge in [0.25, 0.3) is 0 Å². The van der Waals surface area contributed by atoms with Crippen molar-refractivity contribution >= 4 is 11.9 Å². The Morgan fingerprint density at radius 3 is 2.36 bits per heavy atom. The molecule has 2 N–H and O–H groups in total. The molecular formula is C19H38N4O2. The van der Waals surface area contributed by atoms with Crippen LogP contribution < -0.4 is 10.6 Å². The van der Waals surface area contributed by atoms with E-state index >= 15 is 0 Å². The highest BCUT2D eigenvalue weighted by atomic mass is 16.5. The number of nitrogens with zero attached hydrogens (tertiary/aromatic N) is 2. The van der Waals surface area contributed by atoms with E-state index in [0.717, 1.165) is 25.6 Å². The first-order chi connectivity index (χ1) is 12.2. The van der Waals surface area contributed by atoms with Crippen LogP contribution in [-0.2, 0) is 9.53 Å². The van der Waals surface area contributed by atoms with Crippen LogP contribution in [0.4, 0.5) is 0 Å². The smallest absolute Gasteiger partial charge is 0.224 e. The Morgan fingerprint density at radius 2 is 1.76 bits per heavy atom. The number of nitrogens with one attached hydrogen (secondary N) is 2. The molecule has 1 aliphatic rings. The van der Waals surface area contributed by atoms with Crippen molar-refractivity contribution in [3.8, 4) is 0 Å². The molecule has 1 aliphatic carbocycles. The third-order valence-electron chi connectivity index (χ3n) is 4.61. The van der Waals surface area contributed by atoms with Crippen LogP contribution >= 0.6 is 0 Å². The van der Waals surface area contributed by atoms with E-state index in [9.17, 15) is 4.79 Å². The fraction of sp³-hybridized carbons (Fsp3) is 0.895. The Kier molecular flexibility index (Phi) is 12.1. The molecule has 0 radical (unpaired) electrons. The van der Waals surface area contributed by atoms with Crippen LogP contribution in [-0.4, -0.2) is 62.2 Å². The van der Waals surface area contributed by atoms with Crippen molar-refractivity contribution in [2.45, 2.75) is 71.8 Å². The van der Waals surface area contributed by atoms with Crippen molar-refractivity contribution in [3.05, 3.63) is 0 Å². The average molecular weight is 355 g/mol. The topological polar surface area (TPSA) is 66.0 Å². The SMILES string of the molecule is CCNC(=NCCOC1CCCCCC1)NCCC(=O)N(CC)CC. The molecule has 6 nitrogen and oxygen atoms in total. The van der Waals surface area contributed by atoms with Crippen LogP contribution in [0, 0.1) is 0 Å². The predicted molar refractivity (Wildman–Crippen MR) is 104 cm³/mol. The number of amides is 1. The van der Waals surface area contributed by atoms with Crippen molar-refractivity contribution in [3.63, 3.8) is 0 Å². The molecular weight excluding hydrogens is 316 g/mol. The fourth-order valence-corrected chi connectivity index (χ4v) is 3.15. The molecule has 1 saturated carbocycles. The molecule has 0 saturated heterocycles. The van der Waals surface area contributed by atoms with Crippen LogP contribution in [0.3, 0.4) is 0 Å². The predicted octanol–water partition coefficient (Wildman–Crippen LogP) is 2.54. The van der Waals surface area contributed by atoms with E-state index in [1.807, 2.05) is 25.7 Å². The van der Waals surface area contributed by atoms with E-state index in [1.54, 1.807) is 0 Å². The van der Waals surface area contributed by atoms with Gasteiger partial charge < -0.3 is 20.3 Å². The molecule has 6 heteroatoms. The van der Waals surface area contributed by atoms with E-state index in [-0.39, 0.29) is 5.91 Å². The lowest BCUT2D eigenvalue weighted by Crippen LogP contribution is -2.40. The largest absolute Gasteiger partial charge is 0.376 e. The van der Waals surface area contributed by atoms with Crippen molar-refractivity contribution in [2.24, 2.45) is 4.99 Å². The van der Waals surface area contributed by atoms with Gasteiger partial charge in [0.2, 0.25) is 5.91 Å². The Labute approximate surface area is 153 Å². The zero-order valence-electron chi connectivity index (χ0n) is 16.5. The number of carbonyl (C=O) groups is 1. The quantitative estimate of drug-likeness (QED) is 0.274. The zero-order valence-corrected chi connectivity index (χ0v) is 16.5. The van der Waals surface area contributed by atoms with Crippen molar-refractivity contribution in [1.29, 1.82) is 0 Å². The molecule has 25 heavy (non-hydrogen) atoms. The fourth-order valence-electron chi connectivity index (χ4n) is 3.15. The summed E-state index contributed by atoms with van der Waals surface area (Å²) in [4.78, 5) is 18.4. The number of guanidine groups is 1. The van der Waals surface area contributed by atoms with E-state index < -0.39 is 0 Å². The van der Waals surface area contributed by atoms with Gasteiger partial charge in [-0.1, -0.05) is 25.7 Å². The molecule has 0 spiro atoms. The molecule has 0 unspecified atom stereocenters. The number of carbonyl (C=O) groups excluding carboxylic acids is 1. The van der Waals surface area contributed by atoms with Crippen LogP contribution in [0.15, 0.2) is 4.99 Å². The lowest BCUT2D eigenvalue weighted by Gasteiger charge is -2.19. The van der Waals surface area contributed by atoms with Crippen molar-refractivity contribution in [1.82, 2.24) is 15.5 Å². The molecule has 0 atom stereocenters. The van der Waals surface area contributed by atoms with Crippen molar-refractivity contribution in [2.75, 3.05) is 39.3 Å². The summed E-state index contributed by atoms with van der Waals surface area (Å²) in [5, 5.41) is 6.46. The zero-order chi connectivity index (χ0) is 18.3. The second kappa shape index (κ2) is 13.9. The number of ether oxygens (including phenoxy) is 1. The van der Waals surface area contributed by atoms with Gasteiger partial charge in [-0.25, -0.2) is 0 Å². The van der Waals surface area contributed by atoms with Crippen LogP contribution in [0.2, 0.25) is 0 Å². The minimum absolute atomic E-state index is 0.185. The normalized spacial score (nSPS) is 16.4. The highest BCUT2D eigenvalue weighted by Crippen LogP contribution is 2.19. The maximum Gasteiger partial charge on any atom is 0.224 e. The lowest BCUT2D eigenvalue weighted by molar-refractivity contribution is -0.130. The van der Waals surface area contributed by atoms with Gasteiger partial charge >= 0.3 is 0 Å². The first kappa shape index (κ1) is 21.7. The van der Waals surface area contributed by atoms with Gasteiger partial charge in [-0.2, -0.15) is 0 Å². The van der Waals surface area contributed by atoms with Gasteiger partial charge in [0.15, 0.2) is 5.96 Å². The minimum Gasteiger partial charge on any atom is -0.376 e. The van der Waals surface area contributed by atoms with Gasteiger partial charge in [-0.3, -0.25) is 9.79 Å². The Bertz CT molecular complexity index is 376. The van der Waals surface area contributed by atoms with Gasteiger partial charge in [0, 0.05) is 32.6 Å². The summed E-state index contributed by atoms with van der Waals surface area (Å²) >= 11 is 0. The summed E-state index contributed by atoms with van der Waals surface area (Å²) in [6.45, 7) is 10.3. The monoisotopic (exact) mass is 354 g/mol. The molecule has 0 aromatic rings. The second-order valence-corrected chi connectivity index (χ2v) is 6.49. The summed E-state index contributed by atoms with van der Waals surface area (Å²) in [6, 6.07) is 0. The molecule has 146 valence electrons. The van der Waals surface area contributed by atoms with E-state index in [0.29, 0.717) is 32.2 Å². The maximum absolute atomic E-state index is 12.0. The summed E-state index contributed by atoms with van der Waals surface area (Å²) < 4.78 is 5.97. The maximum atomic E-state index is 12.0. The third kappa shape index (κ3) is 9.68. The molecule has 1 fully saturated rings. The minimum atomic E-state index is 0.185. The molecule has 0 aromatic carbocycles. The standard InChI is InChI=1S/C19H38N4O2/c1-4-20-19(21-14-13-18(24)23(5-2)6-3)22-15-16-25-17-11-9-7-8-10-12-17/h17H,4-16H2,1-3H3,(H2,20,21,22). The first-order valence-corrected chi connectivity index (χ1v) is 10.1. The summed E-state index contributed by atoms with van der Waals surface area (Å²) in [7, 11) is 0. The van der Waals surface area contributed by atoms with Gasteiger partial charge in [-0.05, 0) is 33.6 Å². The van der Waals surface area contributed by atoms with E-state index in [2.05, 4.69) is 15.6 Å². The Balaban J connectivity index is 2.27. The van der Waals surface area contributed by atoms with Gasteiger partial charge in [-0.15, -0.1) is 0 Å². The highest BCUT2D eigenvalue weighted by Gasteiger charge is 2.12. The lowest BCUT2D eigenvalue weighted by atomic mass is 10.1. The molecule has 1 rings (SSSR count). The average Bonchev–Trinajstić information content (AvgIpc) is 2.88. The van der Waals surface area contributed by atoms with Gasteiger partial charge in [0.1, 0.15) is 0 Å². The molecule has 1 amide bonds. The van der Waals surface area contributed by atoms with E-state index in [1.165, 1.54) is 38.5 Å². The van der Waals surface area contributed by atoms with Crippen molar-refractivity contribution < 1.29 is 9.53 Å². The molecule has 0 heterocycles. The highest BCUT2D eigenvalue weighted by molar-refractivity contribution is 5.81. The Morgan fingerprint density at radius 1 is 1.08 bits per heavy atom. The number of hydrogen-bond donors (Lipinski definition) is 2. The summed E-state index contributed by atoms with van der Waals surface area (Å²) in [5.74, 6) is 0.948. The van der Waals surface area contributed by atoms with E-state index in [4.69, 9.17) is 4.74 Å². The Hall–Kier alpha value is -1.30. The summed E-state index contributed by atoms with van der Waals surface area (Å²) in [5.41, 5.74) is 0. The third-order valence-corrected chi connectivity index (χ3v) is 4.61. The van der Waals surface area contributed by atoms with Crippen LogP contribution in [0.25, 0.3) is 0 Å². The van der Waals surface area contributed by atoms with Crippen LogP contribution in [0.5, 0.6) is 0 Å². The number of aliphatic imine (C=N–C) groups is 1. The first-order valence-electron chi connectivity index (χ1n) is 10.1. The van der Waals surface area contributed by atoms with Crippen LogP contribution in [0.1, 0.15) is 65.7 Å². The molecule has 0 bridgehead atoms. The van der Waals surface area contributed by atoms with Gasteiger partial charge in [0.05, 0.1) is 19.3 Å². The molecule has 0 aromatic heterocycles.